The highest BCUT2D eigenvalue weighted by molar-refractivity contribution is 5.92. The smallest absolute Gasteiger partial charge is 0.333 e. The van der Waals surface area contributed by atoms with Gasteiger partial charge in [-0.3, -0.25) is 9.59 Å². The molecule has 0 radical (unpaired) electrons. The molecule has 0 aliphatic heterocycles. The van der Waals surface area contributed by atoms with Crippen molar-refractivity contribution in [1.29, 1.82) is 0 Å². The predicted octanol–water partition coefficient (Wildman–Crippen LogP) is 3.12. The third kappa shape index (κ3) is 4.62. The van der Waals surface area contributed by atoms with Crippen LogP contribution in [0.15, 0.2) is 76.2 Å². The molecule has 11 nitrogen and oxygen atoms in total. The monoisotopic (exact) mass is 483 g/mol. The lowest BCUT2D eigenvalue weighted by Crippen LogP contribution is -2.28. The van der Waals surface area contributed by atoms with Crippen molar-refractivity contribution in [3.05, 3.63) is 82.9 Å². The van der Waals surface area contributed by atoms with Gasteiger partial charge in [0.05, 0.1) is 5.56 Å². The van der Waals surface area contributed by atoms with Gasteiger partial charge in [0.1, 0.15) is 6.54 Å². The Morgan fingerprint density at radius 1 is 0.972 bits per heavy atom. The Bertz CT molecular complexity index is 1630. The van der Waals surface area contributed by atoms with Gasteiger partial charge in [0.25, 0.3) is 5.89 Å². The molecule has 0 saturated carbocycles. The van der Waals surface area contributed by atoms with Gasteiger partial charge in [0.2, 0.25) is 17.6 Å². The molecule has 0 atom stereocenters. The van der Waals surface area contributed by atoms with Gasteiger partial charge >= 0.3 is 5.69 Å². The normalized spacial score (nSPS) is 10.9. The Kier molecular flexibility index (Phi) is 5.87. The second-order valence-electron chi connectivity index (χ2n) is 8.15. The summed E-state index contributed by atoms with van der Waals surface area (Å²) in [6, 6.07) is 17.7. The van der Waals surface area contributed by atoms with Crippen LogP contribution in [-0.2, 0) is 16.1 Å². The first-order chi connectivity index (χ1) is 17.4. The summed E-state index contributed by atoms with van der Waals surface area (Å²) < 4.78 is 7.84. The number of nitrogens with one attached hydrogen (secondary N) is 2. The van der Waals surface area contributed by atoms with E-state index in [2.05, 4.69) is 25.9 Å². The van der Waals surface area contributed by atoms with E-state index in [0.717, 1.165) is 15.8 Å². The van der Waals surface area contributed by atoms with Gasteiger partial charge < -0.3 is 15.2 Å². The second kappa shape index (κ2) is 9.29. The summed E-state index contributed by atoms with van der Waals surface area (Å²) in [4.78, 5) is 41.1. The van der Waals surface area contributed by atoms with E-state index in [9.17, 15) is 14.4 Å². The zero-order valence-corrected chi connectivity index (χ0v) is 19.4. The van der Waals surface area contributed by atoms with E-state index in [-0.39, 0.29) is 24.0 Å². The zero-order valence-electron chi connectivity index (χ0n) is 19.4. The molecule has 0 unspecified atom stereocenters. The predicted molar refractivity (Wildman–Crippen MR) is 132 cm³/mol. The second-order valence-corrected chi connectivity index (χ2v) is 8.15. The number of carbonyl (C=O) groups excluding carboxylic acids is 2. The van der Waals surface area contributed by atoms with Crippen LogP contribution in [0.2, 0.25) is 0 Å². The van der Waals surface area contributed by atoms with Crippen LogP contribution in [0.1, 0.15) is 12.5 Å². The van der Waals surface area contributed by atoms with Gasteiger partial charge in [-0.1, -0.05) is 35.0 Å². The van der Waals surface area contributed by atoms with Gasteiger partial charge in [-0.05, 0) is 43.3 Å². The van der Waals surface area contributed by atoms with E-state index in [1.54, 1.807) is 42.6 Å². The van der Waals surface area contributed by atoms with Crippen molar-refractivity contribution >= 4 is 28.8 Å². The van der Waals surface area contributed by atoms with Crippen LogP contribution >= 0.6 is 0 Å². The highest BCUT2D eigenvalue weighted by atomic mass is 16.5. The molecule has 2 amide bonds. The molecule has 5 aromatic rings. The molecule has 36 heavy (non-hydrogen) atoms. The molecule has 3 heterocycles. The number of fused-ring (bicyclic) bond motifs is 1. The van der Waals surface area contributed by atoms with Crippen LogP contribution in [0.3, 0.4) is 0 Å². The van der Waals surface area contributed by atoms with E-state index < -0.39 is 11.6 Å². The molecule has 0 aliphatic carbocycles. The Labute approximate surface area is 204 Å². The Hall–Kier alpha value is -5.06. The average Bonchev–Trinajstić information content (AvgIpc) is 3.46. The summed E-state index contributed by atoms with van der Waals surface area (Å²) >= 11 is 0. The van der Waals surface area contributed by atoms with Crippen LogP contribution < -0.4 is 16.3 Å². The van der Waals surface area contributed by atoms with E-state index in [4.69, 9.17) is 4.52 Å². The fraction of sp³-hybridized carbons (Fsp3) is 0.120. The molecule has 0 bridgehead atoms. The highest BCUT2D eigenvalue weighted by Crippen LogP contribution is 2.24. The minimum absolute atomic E-state index is 0.190. The van der Waals surface area contributed by atoms with Gasteiger partial charge in [0.15, 0.2) is 5.65 Å². The molecule has 5 rings (SSSR count). The lowest BCUT2D eigenvalue weighted by atomic mass is 10.1. The van der Waals surface area contributed by atoms with Crippen molar-refractivity contribution in [1.82, 2.24) is 24.3 Å². The summed E-state index contributed by atoms with van der Waals surface area (Å²) in [5, 5.41) is 13.8. The van der Waals surface area contributed by atoms with Gasteiger partial charge in [-0.2, -0.15) is 4.98 Å². The molecule has 0 aliphatic rings. The highest BCUT2D eigenvalue weighted by Gasteiger charge is 2.18. The molecule has 2 N–H and O–H groups in total. The molecule has 0 fully saturated rings. The summed E-state index contributed by atoms with van der Waals surface area (Å²) in [5.74, 6) is -0.00668. The fourth-order valence-electron chi connectivity index (χ4n) is 3.64. The standard InChI is InChI=1S/C25H21N7O4/c1-15-5-7-17(8-6-15)22-28-24(36-30-22)20-4-3-13-31-23(20)29-32(25(31)35)14-21(34)27-19-11-9-18(10-12-19)26-16(2)33/h3-13H,14H2,1-2H3,(H,26,33)(H,27,34). The molecule has 180 valence electrons. The molecule has 3 aromatic heterocycles. The SMILES string of the molecule is CC(=O)Nc1ccc(NC(=O)Cn2nc3c(-c4nc(-c5ccc(C)cc5)no4)cccn3c2=O)cc1. The third-order valence-corrected chi connectivity index (χ3v) is 5.36. The van der Waals surface area contributed by atoms with E-state index in [1.807, 2.05) is 31.2 Å². The number of pyridine rings is 1. The van der Waals surface area contributed by atoms with Crippen LogP contribution in [0.4, 0.5) is 11.4 Å². The van der Waals surface area contributed by atoms with Gasteiger partial charge in [-0.15, -0.1) is 5.10 Å². The minimum atomic E-state index is -0.485. The first-order valence-electron chi connectivity index (χ1n) is 11.0. The molecule has 2 aromatic carbocycles. The van der Waals surface area contributed by atoms with Crippen molar-refractivity contribution in [2.24, 2.45) is 0 Å². The number of nitrogens with zero attached hydrogens (tertiary/aromatic N) is 5. The van der Waals surface area contributed by atoms with E-state index in [1.165, 1.54) is 11.3 Å². The van der Waals surface area contributed by atoms with E-state index >= 15 is 0 Å². The summed E-state index contributed by atoms with van der Waals surface area (Å²) in [6.45, 7) is 3.10. The number of aromatic nitrogens is 5. The maximum Gasteiger partial charge on any atom is 0.350 e. The summed E-state index contributed by atoms with van der Waals surface area (Å²) in [5.41, 5.74) is 3.30. The number of aryl methyl sites for hydroxylation is 1. The first-order valence-corrected chi connectivity index (χ1v) is 11.0. The van der Waals surface area contributed by atoms with Crippen molar-refractivity contribution < 1.29 is 14.1 Å². The number of rotatable bonds is 6. The molecular formula is C25H21N7O4. The molecule has 0 saturated heterocycles. The Balaban J connectivity index is 1.37. The minimum Gasteiger partial charge on any atom is -0.333 e. The molecular weight excluding hydrogens is 462 g/mol. The molecule has 0 spiro atoms. The topological polar surface area (TPSA) is 136 Å². The number of anilines is 2. The van der Waals surface area contributed by atoms with Crippen molar-refractivity contribution in [3.63, 3.8) is 0 Å². The molecule has 11 heteroatoms. The average molecular weight is 483 g/mol. The fourth-order valence-corrected chi connectivity index (χ4v) is 3.64. The summed E-state index contributed by atoms with van der Waals surface area (Å²) in [7, 11) is 0. The number of carbonyl (C=O) groups is 2. The Morgan fingerprint density at radius 3 is 2.36 bits per heavy atom. The summed E-state index contributed by atoms with van der Waals surface area (Å²) in [6.07, 6.45) is 1.56. The number of benzene rings is 2. The number of hydrogen-bond acceptors (Lipinski definition) is 7. The van der Waals surface area contributed by atoms with Crippen LogP contribution in [0.5, 0.6) is 0 Å². The van der Waals surface area contributed by atoms with Crippen LogP contribution in [-0.4, -0.2) is 36.1 Å². The number of hydrogen-bond donors (Lipinski definition) is 2. The maximum atomic E-state index is 12.9. The quantitative estimate of drug-likeness (QED) is 0.379. The van der Waals surface area contributed by atoms with Gasteiger partial charge in [-0.25, -0.2) is 13.9 Å². The first kappa shape index (κ1) is 22.7. The largest absolute Gasteiger partial charge is 0.350 e. The lowest BCUT2D eigenvalue weighted by molar-refractivity contribution is -0.117. The van der Waals surface area contributed by atoms with Crippen LogP contribution in [0.25, 0.3) is 28.5 Å². The van der Waals surface area contributed by atoms with Crippen LogP contribution in [0, 0.1) is 6.92 Å². The maximum absolute atomic E-state index is 12.9. The van der Waals surface area contributed by atoms with E-state index in [0.29, 0.717) is 22.8 Å². The van der Waals surface area contributed by atoms with Crippen molar-refractivity contribution in [2.45, 2.75) is 20.4 Å². The third-order valence-electron chi connectivity index (χ3n) is 5.36. The Morgan fingerprint density at radius 2 is 1.67 bits per heavy atom. The zero-order chi connectivity index (χ0) is 25.2. The van der Waals surface area contributed by atoms with Gasteiger partial charge in [0, 0.05) is 30.1 Å². The van der Waals surface area contributed by atoms with Crippen molar-refractivity contribution in [2.75, 3.05) is 10.6 Å². The lowest BCUT2D eigenvalue weighted by Gasteiger charge is -2.06. The number of amides is 2. The van der Waals surface area contributed by atoms with Crippen molar-refractivity contribution in [3.8, 4) is 22.8 Å².